The molecule has 1 aromatic carbocycles. The van der Waals surface area contributed by atoms with Crippen molar-refractivity contribution in [3.63, 3.8) is 0 Å². The number of ether oxygens (including phenoxy) is 3. The van der Waals surface area contributed by atoms with Crippen molar-refractivity contribution in [3.05, 3.63) is 52.8 Å². The third kappa shape index (κ3) is 5.28. The predicted octanol–water partition coefficient (Wildman–Crippen LogP) is 4.17. The zero-order chi connectivity index (χ0) is 26.6. The number of fused-ring (bicyclic) bond motifs is 2. The van der Waals surface area contributed by atoms with E-state index in [2.05, 4.69) is 37.1 Å². The van der Waals surface area contributed by atoms with Crippen LogP contribution < -0.4 is 19.7 Å². The molecule has 2 unspecified atom stereocenters. The minimum Gasteiger partial charge on any atom is -0.489 e. The fourth-order valence-electron chi connectivity index (χ4n) is 4.90. The predicted molar refractivity (Wildman–Crippen MR) is 138 cm³/mol. The van der Waals surface area contributed by atoms with Crippen LogP contribution in [-0.4, -0.2) is 59.5 Å². The van der Waals surface area contributed by atoms with Gasteiger partial charge in [0.05, 0.1) is 42.7 Å². The topological polar surface area (TPSA) is 118 Å². The number of halogens is 2. The van der Waals surface area contributed by atoms with Crippen LogP contribution in [0.5, 0.6) is 11.6 Å². The number of aryl methyl sites for hydroxylation is 1. The Morgan fingerprint density at radius 1 is 1.18 bits per heavy atom. The molecule has 10 nitrogen and oxygen atoms in total. The van der Waals surface area contributed by atoms with Gasteiger partial charge in [-0.05, 0) is 24.1 Å². The summed E-state index contributed by atoms with van der Waals surface area (Å²) in [7, 11) is 1.46. The fourth-order valence-corrected chi connectivity index (χ4v) is 5.16. The van der Waals surface area contributed by atoms with Crippen LogP contribution in [0.25, 0.3) is 0 Å². The van der Waals surface area contributed by atoms with Crippen molar-refractivity contribution in [2.45, 2.75) is 25.9 Å². The number of methoxy groups -OCH3 is 1. The Hall–Kier alpha value is -3.75. The van der Waals surface area contributed by atoms with Crippen molar-refractivity contribution in [1.82, 2.24) is 19.9 Å². The molecule has 2 aliphatic rings. The van der Waals surface area contributed by atoms with Gasteiger partial charge in [0.1, 0.15) is 18.2 Å². The van der Waals surface area contributed by atoms with Crippen molar-refractivity contribution in [3.8, 4) is 17.7 Å². The van der Waals surface area contributed by atoms with Crippen molar-refractivity contribution < 1.29 is 18.6 Å². The van der Waals surface area contributed by atoms with E-state index in [4.69, 9.17) is 31.1 Å². The number of nitrogens with one attached hydrogen (secondary N) is 1. The number of piperidine rings is 1. The normalized spacial score (nSPS) is 20.5. The molecular formula is C26H27ClFN7O3. The van der Waals surface area contributed by atoms with E-state index in [1.807, 2.05) is 18.5 Å². The fraction of sp³-hybridized carbons (Fsp3) is 0.423. The van der Waals surface area contributed by atoms with Gasteiger partial charge in [0.25, 0.3) is 5.88 Å². The molecule has 0 radical (unpaired) electrons. The average molecular weight is 540 g/mol. The Labute approximate surface area is 224 Å². The highest BCUT2D eigenvalue weighted by Gasteiger charge is 2.43. The number of nitrogens with zero attached hydrogens (tertiary/aromatic N) is 6. The first-order valence-corrected chi connectivity index (χ1v) is 12.7. The summed E-state index contributed by atoms with van der Waals surface area (Å²) in [5.74, 6) is 0.719. The molecule has 12 heteroatoms. The number of anilines is 3. The highest BCUT2D eigenvalue weighted by molar-refractivity contribution is 6.33. The first-order chi connectivity index (χ1) is 18.5. The van der Waals surface area contributed by atoms with Gasteiger partial charge < -0.3 is 24.4 Å². The maximum absolute atomic E-state index is 14.6. The molecule has 198 valence electrons. The number of benzene rings is 1. The van der Waals surface area contributed by atoms with Gasteiger partial charge in [-0.15, -0.1) is 0 Å². The third-order valence-electron chi connectivity index (χ3n) is 6.65. The molecule has 0 saturated carbocycles. The molecule has 38 heavy (non-hydrogen) atoms. The molecule has 2 bridgehead atoms. The zero-order valence-electron chi connectivity index (χ0n) is 21.0. The van der Waals surface area contributed by atoms with Gasteiger partial charge in [-0.3, -0.25) is 0 Å². The quantitative estimate of drug-likeness (QED) is 0.447. The third-order valence-corrected chi connectivity index (χ3v) is 6.95. The summed E-state index contributed by atoms with van der Waals surface area (Å²) >= 11 is 6.21. The number of hydrogen-bond acceptors (Lipinski definition) is 10. The van der Waals surface area contributed by atoms with E-state index in [9.17, 15) is 4.39 Å². The van der Waals surface area contributed by atoms with E-state index in [1.54, 1.807) is 0 Å². The molecule has 1 N–H and O–H groups in total. The molecule has 2 atom stereocenters. The smallest absolute Gasteiger partial charge is 0.262 e. The van der Waals surface area contributed by atoms with Crippen LogP contribution in [0.2, 0.25) is 5.02 Å². The van der Waals surface area contributed by atoms with Crippen LogP contribution in [0.3, 0.4) is 0 Å². The zero-order valence-corrected chi connectivity index (χ0v) is 21.8. The van der Waals surface area contributed by atoms with Crippen LogP contribution >= 0.6 is 11.6 Å². The Morgan fingerprint density at radius 2 is 1.92 bits per heavy atom. The molecule has 2 saturated heterocycles. The number of rotatable bonds is 8. The summed E-state index contributed by atoms with van der Waals surface area (Å²) < 4.78 is 32.5. The Kier molecular flexibility index (Phi) is 7.72. The van der Waals surface area contributed by atoms with Gasteiger partial charge in [0.2, 0.25) is 11.7 Å². The average Bonchev–Trinajstić information content (AvgIpc) is 2.91. The second-order valence-corrected chi connectivity index (χ2v) is 9.71. The summed E-state index contributed by atoms with van der Waals surface area (Å²) in [5, 5.41) is 11.9. The summed E-state index contributed by atoms with van der Waals surface area (Å²) in [6.07, 6.45) is 6.91. The number of aromatic nitrogens is 4. The van der Waals surface area contributed by atoms with Gasteiger partial charge >= 0.3 is 0 Å². The van der Waals surface area contributed by atoms with Crippen LogP contribution in [0.4, 0.5) is 21.8 Å². The largest absolute Gasteiger partial charge is 0.489 e. The van der Waals surface area contributed by atoms with Crippen LogP contribution in [0.1, 0.15) is 24.5 Å². The first kappa shape index (κ1) is 25.9. The van der Waals surface area contributed by atoms with E-state index in [0.29, 0.717) is 32.3 Å². The minimum atomic E-state index is -0.693. The molecule has 2 fully saturated rings. The molecule has 4 heterocycles. The molecule has 2 aromatic heterocycles. The highest BCUT2D eigenvalue weighted by Crippen LogP contribution is 2.39. The van der Waals surface area contributed by atoms with E-state index < -0.39 is 5.82 Å². The van der Waals surface area contributed by atoms with Crippen LogP contribution in [0, 0.1) is 29.0 Å². The summed E-state index contributed by atoms with van der Waals surface area (Å²) in [5.41, 5.74) is 1.21. The highest BCUT2D eigenvalue weighted by atomic mass is 35.5. The lowest BCUT2D eigenvalue weighted by Gasteiger charge is -2.46. The maximum Gasteiger partial charge on any atom is 0.262 e. The summed E-state index contributed by atoms with van der Waals surface area (Å²) in [4.78, 5) is 19.8. The van der Waals surface area contributed by atoms with E-state index in [1.165, 1.54) is 19.5 Å². The first-order valence-electron chi connectivity index (χ1n) is 12.4. The lowest BCUT2D eigenvalue weighted by atomic mass is 9.84. The summed E-state index contributed by atoms with van der Waals surface area (Å²) in [6.45, 7) is 4.51. The van der Waals surface area contributed by atoms with Gasteiger partial charge in [-0.2, -0.15) is 10.2 Å². The molecule has 3 aromatic rings. The lowest BCUT2D eigenvalue weighted by molar-refractivity contribution is -0.0776. The van der Waals surface area contributed by atoms with Gasteiger partial charge in [0, 0.05) is 37.3 Å². The molecule has 5 rings (SSSR count). The Balaban J connectivity index is 1.35. The minimum absolute atomic E-state index is 0.0304. The molecule has 0 aliphatic carbocycles. The maximum atomic E-state index is 14.6. The van der Waals surface area contributed by atoms with Gasteiger partial charge in [-0.25, -0.2) is 19.3 Å². The Morgan fingerprint density at radius 3 is 2.55 bits per heavy atom. The van der Waals surface area contributed by atoms with Crippen molar-refractivity contribution in [2.75, 3.05) is 43.6 Å². The summed E-state index contributed by atoms with van der Waals surface area (Å²) in [6, 6.07) is 4.33. The number of nitriles is 1. The van der Waals surface area contributed by atoms with Crippen molar-refractivity contribution in [1.29, 1.82) is 5.26 Å². The van der Waals surface area contributed by atoms with E-state index in [-0.39, 0.29) is 51.7 Å². The van der Waals surface area contributed by atoms with Crippen LogP contribution in [0.15, 0.2) is 30.9 Å². The van der Waals surface area contributed by atoms with E-state index in [0.717, 1.165) is 24.5 Å². The Bertz CT molecular complexity index is 1300. The molecule has 0 spiro atoms. The monoisotopic (exact) mass is 539 g/mol. The number of hydrogen-bond donors (Lipinski definition) is 1. The molecule has 0 amide bonds. The second kappa shape index (κ2) is 11.3. The lowest BCUT2D eigenvalue weighted by Crippen LogP contribution is -2.58. The SMILES string of the molecule is CCCc1cnc(N2CC3COCC(C2)C3Oc2ncnc(Nc3c(F)cc(C#N)cc3Cl)c2OC)nc1. The van der Waals surface area contributed by atoms with Gasteiger partial charge in [-0.1, -0.05) is 24.9 Å². The van der Waals surface area contributed by atoms with Crippen molar-refractivity contribution in [2.24, 2.45) is 11.8 Å². The molecule has 2 aliphatic heterocycles. The van der Waals surface area contributed by atoms with Crippen molar-refractivity contribution >= 4 is 29.1 Å². The van der Waals surface area contributed by atoms with Gasteiger partial charge in [0.15, 0.2) is 5.82 Å². The standard InChI is InChI=1S/C26H27ClFN7O3/c1-3-4-15-8-30-26(31-9-15)35-10-17-12-37-13-18(11-35)22(17)38-25-23(36-2)24(32-14-33-25)34-21-19(27)5-16(7-29)6-20(21)28/h5-6,8-9,14,17-18,22H,3-4,10-13H2,1-2H3,(H,32,33,34). The molecular weight excluding hydrogens is 513 g/mol. The van der Waals surface area contributed by atoms with Crippen LogP contribution in [-0.2, 0) is 11.2 Å². The second-order valence-electron chi connectivity index (χ2n) is 9.30. The van der Waals surface area contributed by atoms with E-state index >= 15 is 0 Å².